The van der Waals surface area contributed by atoms with Gasteiger partial charge in [0.15, 0.2) is 0 Å². The van der Waals surface area contributed by atoms with Gasteiger partial charge in [0.05, 0.1) is 0 Å². The average molecular weight is 227 g/mol. The van der Waals surface area contributed by atoms with E-state index in [1.807, 2.05) is 11.3 Å². The molecule has 1 aromatic rings. The van der Waals surface area contributed by atoms with Crippen LogP contribution in [0.4, 0.5) is 0 Å². The lowest BCUT2D eigenvalue weighted by Gasteiger charge is -2.25. The topological polar surface area (TPSA) is 32.3 Å². The van der Waals surface area contributed by atoms with E-state index in [2.05, 4.69) is 38.2 Å². The van der Waals surface area contributed by atoms with Crippen LogP contribution in [-0.4, -0.2) is 17.3 Å². The lowest BCUT2D eigenvalue weighted by atomic mass is 10.0. The van der Waals surface area contributed by atoms with E-state index in [1.54, 1.807) is 0 Å². The summed E-state index contributed by atoms with van der Waals surface area (Å²) < 4.78 is 0. The molecule has 0 atom stereocenters. The maximum Gasteiger partial charge on any atom is 0.0448 e. The van der Waals surface area contributed by atoms with Crippen molar-refractivity contribution in [2.75, 3.05) is 6.61 Å². The molecule has 0 saturated carbocycles. The average Bonchev–Trinajstić information content (AvgIpc) is 2.62. The van der Waals surface area contributed by atoms with E-state index in [-0.39, 0.29) is 12.1 Å². The molecule has 0 unspecified atom stereocenters. The summed E-state index contributed by atoms with van der Waals surface area (Å²) >= 11 is 1.87. The van der Waals surface area contributed by atoms with Crippen molar-refractivity contribution in [2.45, 2.75) is 45.7 Å². The molecule has 2 nitrogen and oxygen atoms in total. The molecule has 0 fully saturated rings. The van der Waals surface area contributed by atoms with Crippen molar-refractivity contribution in [1.29, 1.82) is 0 Å². The summed E-state index contributed by atoms with van der Waals surface area (Å²) in [5.74, 6) is 0. The number of aliphatic hydroxyl groups is 1. The molecule has 86 valence electrons. The van der Waals surface area contributed by atoms with Gasteiger partial charge in [-0.05, 0) is 38.8 Å². The number of aryl methyl sites for hydroxylation is 1. The maximum atomic E-state index is 8.90. The summed E-state index contributed by atoms with van der Waals surface area (Å²) in [6.07, 6.45) is 1.91. The van der Waals surface area contributed by atoms with Crippen molar-refractivity contribution >= 4 is 11.3 Å². The van der Waals surface area contributed by atoms with E-state index in [4.69, 9.17) is 5.11 Å². The van der Waals surface area contributed by atoms with Crippen LogP contribution in [-0.2, 0) is 13.0 Å². The Morgan fingerprint density at radius 1 is 1.33 bits per heavy atom. The van der Waals surface area contributed by atoms with Gasteiger partial charge in [-0.3, -0.25) is 0 Å². The van der Waals surface area contributed by atoms with Crippen molar-refractivity contribution in [2.24, 2.45) is 0 Å². The Hall–Kier alpha value is -0.380. The predicted molar refractivity (Wildman–Crippen MR) is 66.3 cm³/mol. The molecular weight excluding hydrogens is 206 g/mol. The molecule has 15 heavy (non-hydrogen) atoms. The zero-order valence-corrected chi connectivity index (χ0v) is 10.7. The first-order chi connectivity index (χ1) is 7.07. The fourth-order valence-corrected chi connectivity index (χ4v) is 2.30. The van der Waals surface area contributed by atoms with Crippen molar-refractivity contribution in [1.82, 2.24) is 5.32 Å². The molecule has 1 aromatic heterocycles. The van der Waals surface area contributed by atoms with Crippen LogP contribution in [0.1, 0.15) is 36.9 Å². The van der Waals surface area contributed by atoms with E-state index < -0.39 is 0 Å². The maximum absolute atomic E-state index is 8.90. The molecule has 0 spiro atoms. The molecule has 0 aromatic carbocycles. The van der Waals surface area contributed by atoms with E-state index in [1.165, 1.54) is 9.75 Å². The van der Waals surface area contributed by atoms with Crippen molar-refractivity contribution in [3.8, 4) is 0 Å². The van der Waals surface area contributed by atoms with Gasteiger partial charge in [0, 0.05) is 28.4 Å². The fraction of sp³-hybridized carbons (Fsp3) is 0.667. The third-order valence-electron chi connectivity index (χ3n) is 2.54. The van der Waals surface area contributed by atoms with Crippen molar-refractivity contribution < 1.29 is 5.11 Å². The van der Waals surface area contributed by atoms with Gasteiger partial charge in [-0.15, -0.1) is 11.3 Å². The molecule has 1 heterocycles. The van der Waals surface area contributed by atoms with Gasteiger partial charge < -0.3 is 10.4 Å². The minimum atomic E-state index is 0.0190. The minimum absolute atomic E-state index is 0.0190. The minimum Gasteiger partial charge on any atom is -0.396 e. The number of thiophene rings is 1. The first-order valence-corrected chi connectivity index (χ1v) is 6.32. The molecule has 2 N–H and O–H groups in total. The Morgan fingerprint density at radius 3 is 2.53 bits per heavy atom. The first kappa shape index (κ1) is 12.7. The molecular formula is C12H21NOS. The fourth-order valence-electron chi connectivity index (χ4n) is 1.40. The second-order valence-corrected chi connectivity index (χ2v) is 5.69. The monoisotopic (exact) mass is 227 g/mol. The highest BCUT2D eigenvalue weighted by Crippen LogP contribution is 2.18. The van der Waals surface area contributed by atoms with Crippen LogP contribution in [0.3, 0.4) is 0 Å². The Balaban J connectivity index is 2.42. The lowest BCUT2D eigenvalue weighted by molar-refractivity contribution is 0.230. The van der Waals surface area contributed by atoms with Gasteiger partial charge in [-0.1, -0.05) is 6.92 Å². The van der Waals surface area contributed by atoms with Gasteiger partial charge in [0.2, 0.25) is 0 Å². The van der Waals surface area contributed by atoms with Gasteiger partial charge >= 0.3 is 0 Å². The summed E-state index contributed by atoms with van der Waals surface area (Å²) in [6, 6.07) is 4.38. The summed E-state index contributed by atoms with van der Waals surface area (Å²) in [6.45, 7) is 7.57. The van der Waals surface area contributed by atoms with E-state index >= 15 is 0 Å². The number of hydrogen-bond acceptors (Lipinski definition) is 3. The standard InChI is InChI=1S/C12H21NOS/c1-4-10-5-6-11(15-10)9-13-12(2,3)7-8-14/h5-6,13-14H,4,7-9H2,1-3H3. The van der Waals surface area contributed by atoms with Crippen molar-refractivity contribution in [3.63, 3.8) is 0 Å². The summed E-state index contributed by atoms with van der Waals surface area (Å²) in [4.78, 5) is 2.81. The molecule has 0 aliphatic heterocycles. The van der Waals surface area contributed by atoms with Gasteiger partial charge in [0.25, 0.3) is 0 Å². The number of aliphatic hydroxyl groups excluding tert-OH is 1. The van der Waals surface area contributed by atoms with Crippen LogP contribution in [0.25, 0.3) is 0 Å². The largest absolute Gasteiger partial charge is 0.396 e. The molecule has 3 heteroatoms. The van der Waals surface area contributed by atoms with Crippen LogP contribution < -0.4 is 5.32 Å². The molecule has 1 rings (SSSR count). The zero-order valence-electron chi connectivity index (χ0n) is 9.84. The Labute approximate surface area is 96.3 Å². The van der Waals surface area contributed by atoms with E-state index in [0.717, 1.165) is 19.4 Å². The third-order valence-corrected chi connectivity index (χ3v) is 3.77. The molecule has 0 aliphatic carbocycles. The number of nitrogens with one attached hydrogen (secondary N) is 1. The number of rotatable bonds is 6. The molecule has 0 aliphatic rings. The van der Waals surface area contributed by atoms with Crippen LogP contribution in [0, 0.1) is 0 Å². The summed E-state index contributed by atoms with van der Waals surface area (Å²) in [5.41, 5.74) is 0.0190. The van der Waals surface area contributed by atoms with E-state index in [9.17, 15) is 0 Å². The van der Waals surface area contributed by atoms with Crippen LogP contribution in [0.15, 0.2) is 12.1 Å². The first-order valence-electron chi connectivity index (χ1n) is 5.51. The quantitative estimate of drug-likeness (QED) is 0.783. The van der Waals surface area contributed by atoms with Gasteiger partial charge in [-0.25, -0.2) is 0 Å². The summed E-state index contributed by atoms with van der Waals surface area (Å²) in [7, 11) is 0. The smallest absolute Gasteiger partial charge is 0.0448 e. The van der Waals surface area contributed by atoms with Crippen LogP contribution in [0.2, 0.25) is 0 Å². The summed E-state index contributed by atoms with van der Waals surface area (Å²) in [5, 5.41) is 12.4. The molecule has 0 saturated heterocycles. The highest BCUT2D eigenvalue weighted by atomic mass is 32.1. The van der Waals surface area contributed by atoms with Crippen LogP contribution >= 0.6 is 11.3 Å². The Bertz CT molecular complexity index is 294. The SMILES string of the molecule is CCc1ccc(CNC(C)(C)CCO)s1. The second-order valence-electron chi connectivity index (χ2n) is 4.43. The normalized spacial score (nSPS) is 12.0. The zero-order chi connectivity index (χ0) is 11.3. The third kappa shape index (κ3) is 4.33. The highest BCUT2D eigenvalue weighted by molar-refractivity contribution is 7.11. The van der Waals surface area contributed by atoms with E-state index in [0.29, 0.717) is 0 Å². The second kappa shape index (κ2) is 5.64. The Kier molecular flexibility index (Phi) is 4.77. The molecule has 0 amide bonds. The van der Waals surface area contributed by atoms with Gasteiger partial charge in [0.1, 0.15) is 0 Å². The predicted octanol–water partition coefficient (Wildman–Crippen LogP) is 2.56. The Morgan fingerprint density at radius 2 is 2.00 bits per heavy atom. The van der Waals surface area contributed by atoms with Crippen LogP contribution in [0.5, 0.6) is 0 Å². The lowest BCUT2D eigenvalue weighted by Crippen LogP contribution is -2.39. The van der Waals surface area contributed by atoms with Gasteiger partial charge in [-0.2, -0.15) is 0 Å². The molecule has 0 radical (unpaired) electrons. The van der Waals surface area contributed by atoms with Crippen molar-refractivity contribution in [3.05, 3.63) is 21.9 Å². The number of hydrogen-bond donors (Lipinski definition) is 2. The molecule has 0 bridgehead atoms. The highest BCUT2D eigenvalue weighted by Gasteiger charge is 2.15.